The lowest BCUT2D eigenvalue weighted by Gasteiger charge is -2.06. The molecule has 5 heteroatoms. The number of aliphatic hydroxyl groups excluding tert-OH is 1. The Bertz CT molecular complexity index is 497. The van der Waals surface area contributed by atoms with Crippen molar-refractivity contribution in [3.63, 3.8) is 0 Å². The van der Waals surface area contributed by atoms with Crippen LogP contribution in [0.25, 0.3) is 0 Å². The van der Waals surface area contributed by atoms with Gasteiger partial charge in [-0.2, -0.15) is 11.8 Å². The minimum absolute atomic E-state index is 0.152. The number of hydrogen-bond acceptors (Lipinski definition) is 4. The Morgan fingerprint density at radius 3 is 2.86 bits per heavy atom. The molecule has 0 saturated heterocycles. The Hall–Kier alpha value is -1.07. The lowest BCUT2D eigenvalue weighted by molar-refractivity contribution is -0.117. The molecule has 0 aliphatic heterocycles. The SMILES string of the molecule is O=C(Nc1cc(CSCCO)ccn1)C1C2CCCCC21. The van der Waals surface area contributed by atoms with E-state index in [1.165, 1.54) is 25.7 Å². The molecule has 0 spiro atoms. The van der Waals surface area contributed by atoms with Crippen molar-refractivity contribution in [3.8, 4) is 0 Å². The maximum atomic E-state index is 12.3. The number of thioether (sulfide) groups is 1. The monoisotopic (exact) mass is 306 g/mol. The maximum Gasteiger partial charge on any atom is 0.229 e. The van der Waals surface area contributed by atoms with Gasteiger partial charge in [0.1, 0.15) is 5.82 Å². The van der Waals surface area contributed by atoms with Gasteiger partial charge in [-0.1, -0.05) is 12.8 Å². The van der Waals surface area contributed by atoms with Gasteiger partial charge in [0.25, 0.3) is 0 Å². The van der Waals surface area contributed by atoms with Crippen LogP contribution in [0.3, 0.4) is 0 Å². The third kappa shape index (κ3) is 3.58. The highest BCUT2D eigenvalue weighted by Gasteiger charge is 2.54. The smallest absolute Gasteiger partial charge is 0.229 e. The molecule has 1 heterocycles. The summed E-state index contributed by atoms with van der Waals surface area (Å²) < 4.78 is 0. The third-order valence-corrected chi connectivity index (χ3v) is 5.55. The molecule has 0 aromatic carbocycles. The fraction of sp³-hybridized carbons (Fsp3) is 0.625. The molecule has 0 bridgehead atoms. The van der Waals surface area contributed by atoms with Crippen molar-refractivity contribution in [2.24, 2.45) is 17.8 Å². The first kappa shape index (κ1) is 14.9. The molecule has 4 nitrogen and oxygen atoms in total. The molecule has 2 fully saturated rings. The van der Waals surface area contributed by atoms with Gasteiger partial charge in [-0.25, -0.2) is 4.98 Å². The van der Waals surface area contributed by atoms with E-state index >= 15 is 0 Å². The van der Waals surface area contributed by atoms with Gasteiger partial charge in [-0.05, 0) is 42.4 Å². The molecule has 2 unspecified atom stereocenters. The summed E-state index contributed by atoms with van der Waals surface area (Å²) in [5, 5.41) is 11.8. The van der Waals surface area contributed by atoms with E-state index in [4.69, 9.17) is 5.11 Å². The summed E-state index contributed by atoms with van der Waals surface area (Å²) >= 11 is 1.68. The average Bonchev–Trinajstić information content (AvgIpc) is 3.22. The van der Waals surface area contributed by atoms with Crippen LogP contribution in [-0.2, 0) is 10.5 Å². The largest absolute Gasteiger partial charge is 0.396 e. The molecule has 2 aliphatic rings. The molecular formula is C16H22N2O2S. The van der Waals surface area contributed by atoms with Crippen molar-refractivity contribution < 1.29 is 9.90 Å². The van der Waals surface area contributed by atoms with Crippen molar-refractivity contribution in [1.82, 2.24) is 4.98 Å². The zero-order valence-corrected chi connectivity index (χ0v) is 12.9. The van der Waals surface area contributed by atoms with Crippen LogP contribution in [0, 0.1) is 17.8 Å². The summed E-state index contributed by atoms with van der Waals surface area (Å²) in [5.74, 6) is 3.85. The van der Waals surface area contributed by atoms with Gasteiger partial charge in [0.2, 0.25) is 5.91 Å². The lowest BCUT2D eigenvalue weighted by atomic mass is 10.0. The summed E-state index contributed by atoms with van der Waals surface area (Å²) in [6.45, 7) is 0.198. The van der Waals surface area contributed by atoms with E-state index in [2.05, 4.69) is 10.3 Å². The number of pyridine rings is 1. The Morgan fingerprint density at radius 1 is 1.38 bits per heavy atom. The van der Waals surface area contributed by atoms with Gasteiger partial charge in [0.05, 0.1) is 6.61 Å². The lowest BCUT2D eigenvalue weighted by Crippen LogP contribution is -2.16. The van der Waals surface area contributed by atoms with E-state index in [0.717, 1.165) is 17.1 Å². The summed E-state index contributed by atoms with van der Waals surface area (Å²) in [6.07, 6.45) is 6.73. The molecule has 2 atom stereocenters. The number of amides is 1. The normalized spacial score (nSPS) is 27.0. The van der Waals surface area contributed by atoms with Crippen molar-refractivity contribution >= 4 is 23.5 Å². The molecule has 21 heavy (non-hydrogen) atoms. The number of anilines is 1. The number of nitrogens with one attached hydrogen (secondary N) is 1. The van der Waals surface area contributed by atoms with E-state index in [9.17, 15) is 4.79 Å². The minimum atomic E-state index is 0.152. The molecule has 2 N–H and O–H groups in total. The van der Waals surface area contributed by atoms with Crippen LogP contribution < -0.4 is 5.32 Å². The average molecular weight is 306 g/mol. The van der Waals surface area contributed by atoms with Gasteiger partial charge in [-0.15, -0.1) is 0 Å². The molecule has 3 rings (SSSR count). The van der Waals surface area contributed by atoms with Crippen LogP contribution in [0.4, 0.5) is 5.82 Å². The zero-order chi connectivity index (χ0) is 14.7. The van der Waals surface area contributed by atoms with Crippen molar-refractivity contribution in [2.75, 3.05) is 17.7 Å². The zero-order valence-electron chi connectivity index (χ0n) is 12.1. The first-order valence-electron chi connectivity index (χ1n) is 7.74. The first-order valence-corrected chi connectivity index (χ1v) is 8.89. The third-order valence-electron chi connectivity index (χ3n) is 4.54. The van der Waals surface area contributed by atoms with Crippen molar-refractivity contribution in [1.29, 1.82) is 0 Å². The number of aromatic nitrogens is 1. The quantitative estimate of drug-likeness (QED) is 0.793. The number of fused-ring (bicyclic) bond motifs is 1. The van der Waals surface area contributed by atoms with Crippen LogP contribution in [0.1, 0.15) is 31.2 Å². The molecule has 1 amide bonds. The van der Waals surface area contributed by atoms with Gasteiger partial charge in [0.15, 0.2) is 0 Å². The Balaban J connectivity index is 1.55. The molecule has 1 aromatic rings. The van der Waals surface area contributed by atoms with E-state index in [-0.39, 0.29) is 18.4 Å². The predicted octanol–water partition coefficient (Wildman–Crippen LogP) is 2.68. The molecule has 1 aromatic heterocycles. The highest BCUT2D eigenvalue weighted by Crippen LogP contribution is 2.55. The second-order valence-corrected chi connectivity index (χ2v) is 7.06. The van der Waals surface area contributed by atoms with Gasteiger partial charge >= 0.3 is 0 Å². The van der Waals surface area contributed by atoms with Crippen molar-refractivity contribution in [2.45, 2.75) is 31.4 Å². The van der Waals surface area contributed by atoms with Gasteiger partial charge < -0.3 is 10.4 Å². The number of nitrogens with zero attached hydrogens (tertiary/aromatic N) is 1. The van der Waals surface area contributed by atoms with E-state index in [1.54, 1.807) is 18.0 Å². The van der Waals surface area contributed by atoms with Crippen LogP contribution in [-0.4, -0.2) is 28.4 Å². The second-order valence-electron chi connectivity index (χ2n) is 5.95. The molecular weight excluding hydrogens is 284 g/mol. The second kappa shape index (κ2) is 6.79. The highest BCUT2D eigenvalue weighted by atomic mass is 32.2. The van der Waals surface area contributed by atoms with E-state index in [1.807, 2.05) is 12.1 Å². The molecule has 114 valence electrons. The summed E-state index contributed by atoms with van der Waals surface area (Å²) in [7, 11) is 0. The standard InChI is InChI=1S/C16H22N2O2S/c19-7-8-21-10-11-5-6-17-14(9-11)18-16(20)15-12-3-1-2-4-13(12)15/h5-6,9,12-13,15,19H,1-4,7-8,10H2,(H,17,18,20). The summed E-state index contributed by atoms with van der Waals surface area (Å²) in [5.41, 5.74) is 1.13. The van der Waals surface area contributed by atoms with Crippen LogP contribution in [0.15, 0.2) is 18.3 Å². The Morgan fingerprint density at radius 2 is 2.14 bits per heavy atom. The van der Waals surface area contributed by atoms with Crippen LogP contribution in [0.2, 0.25) is 0 Å². The fourth-order valence-corrected chi connectivity index (χ4v) is 4.17. The van der Waals surface area contributed by atoms with Crippen molar-refractivity contribution in [3.05, 3.63) is 23.9 Å². The maximum absolute atomic E-state index is 12.3. The first-order chi connectivity index (χ1) is 10.3. The minimum Gasteiger partial charge on any atom is -0.396 e. The predicted molar refractivity (Wildman–Crippen MR) is 85.1 cm³/mol. The van der Waals surface area contributed by atoms with Gasteiger partial charge in [-0.3, -0.25) is 4.79 Å². The van der Waals surface area contributed by atoms with E-state index in [0.29, 0.717) is 17.7 Å². The number of carbonyl (C=O) groups is 1. The number of hydrogen-bond donors (Lipinski definition) is 2. The highest BCUT2D eigenvalue weighted by molar-refractivity contribution is 7.98. The topological polar surface area (TPSA) is 62.2 Å². The molecule has 2 aliphatic carbocycles. The number of aliphatic hydroxyl groups is 1. The summed E-state index contributed by atoms with van der Waals surface area (Å²) in [4.78, 5) is 16.6. The number of rotatable bonds is 6. The van der Waals surface area contributed by atoms with Crippen LogP contribution >= 0.6 is 11.8 Å². The summed E-state index contributed by atoms with van der Waals surface area (Å²) in [6, 6.07) is 3.89. The van der Waals surface area contributed by atoms with E-state index < -0.39 is 0 Å². The van der Waals surface area contributed by atoms with Gasteiger partial charge in [0, 0.05) is 23.6 Å². The Labute approximate surface area is 129 Å². The van der Waals surface area contributed by atoms with Crippen LogP contribution in [0.5, 0.6) is 0 Å². The molecule has 2 saturated carbocycles. The fourth-order valence-electron chi connectivity index (χ4n) is 3.48. The Kier molecular flexibility index (Phi) is 4.80. The number of carbonyl (C=O) groups excluding carboxylic acids is 1. The molecule has 0 radical (unpaired) electrons.